The van der Waals surface area contributed by atoms with Gasteiger partial charge in [-0.05, 0) is 37.9 Å². The molecule has 0 spiro atoms. The molecule has 2 N–H and O–H groups in total. The molecule has 1 fully saturated rings. The van der Waals surface area contributed by atoms with E-state index in [1.54, 1.807) is 0 Å². The smallest absolute Gasteiger partial charge is 0.306 e. The molecule has 0 saturated carbocycles. The maximum Gasteiger partial charge on any atom is 0.306 e. The Kier molecular flexibility index (Phi) is 4.52. The molecule has 1 aromatic rings. The van der Waals surface area contributed by atoms with Crippen LogP contribution in [0.3, 0.4) is 0 Å². The Morgan fingerprint density at radius 2 is 2.33 bits per heavy atom. The molecule has 1 amide bonds. The predicted octanol–water partition coefficient (Wildman–Crippen LogP) is 2.45. The number of carbonyl (C=O) groups is 1. The molecule has 21 heavy (non-hydrogen) atoms. The number of anilines is 1. The van der Waals surface area contributed by atoms with Crippen molar-refractivity contribution in [2.75, 3.05) is 18.4 Å². The lowest BCUT2D eigenvalue weighted by Gasteiger charge is -2.35. The van der Waals surface area contributed by atoms with Gasteiger partial charge >= 0.3 is 5.69 Å². The Morgan fingerprint density at radius 1 is 1.57 bits per heavy atom. The molecule has 1 aliphatic heterocycles. The van der Waals surface area contributed by atoms with Crippen molar-refractivity contribution in [3.8, 4) is 0 Å². The summed E-state index contributed by atoms with van der Waals surface area (Å²) in [4.78, 5) is 22.4. The van der Waals surface area contributed by atoms with Crippen molar-refractivity contribution in [2.24, 2.45) is 5.41 Å². The molecule has 1 heterocycles. The van der Waals surface area contributed by atoms with Gasteiger partial charge in [0, 0.05) is 18.3 Å². The van der Waals surface area contributed by atoms with Crippen molar-refractivity contribution in [3.05, 3.63) is 34.1 Å². The highest BCUT2D eigenvalue weighted by Gasteiger charge is 2.37. The Morgan fingerprint density at radius 3 is 2.90 bits per heavy atom. The van der Waals surface area contributed by atoms with Crippen molar-refractivity contribution in [2.45, 2.75) is 26.2 Å². The number of halogens is 1. The molecule has 0 aromatic heterocycles. The van der Waals surface area contributed by atoms with Crippen molar-refractivity contribution in [1.29, 1.82) is 0 Å². The minimum absolute atomic E-state index is 0.182. The highest BCUT2D eigenvalue weighted by atomic mass is 19.1. The van der Waals surface area contributed by atoms with E-state index in [4.69, 9.17) is 0 Å². The molecule has 0 radical (unpaired) electrons. The van der Waals surface area contributed by atoms with Crippen LogP contribution in [-0.2, 0) is 4.79 Å². The van der Waals surface area contributed by atoms with Crippen molar-refractivity contribution in [3.63, 3.8) is 0 Å². The van der Waals surface area contributed by atoms with Crippen LogP contribution >= 0.6 is 0 Å². The average Bonchev–Trinajstić information content (AvgIpc) is 2.49. The van der Waals surface area contributed by atoms with Gasteiger partial charge in [-0.2, -0.15) is 4.39 Å². The Labute approximate surface area is 121 Å². The number of hydrogen-bond donors (Lipinski definition) is 2. The van der Waals surface area contributed by atoms with Crippen LogP contribution in [0.1, 0.15) is 26.2 Å². The molecule has 1 unspecified atom stereocenters. The average molecular weight is 295 g/mol. The minimum atomic E-state index is -0.914. The van der Waals surface area contributed by atoms with Gasteiger partial charge in [-0.3, -0.25) is 14.9 Å². The summed E-state index contributed by atoms with van der Waals surface area (Å²) in [7, 11) is 0. The molecular weight excluding hydrogens is 277 g/mol. The van der Waals surface area contributed by atoms with Crippen LogP contribution in [0.4, 0.5) is 15.8 Å². The highest BCUT2D eigenvalue weighted by Crippen LogP contribution is 2.32. The maximum atomic E-state index is 13.3. The fourth-order valence-corrected chi connectivity index (χ4v) is 2.62. The number of amides is 1. The lowest BCUT2D eigenvalue weighted by molar-refractivity contribution is -0.387. The topological polar surface area (TPSA) is 84.3 Å². The molecule has 1 aromatic carbocycles. The van der Waals surface area contributed by atoms with E-state index in [0.29, 0.717) is 13.0 Å². The number of nitrogens with zero attached hydrogens (tertiary/aromatic N) is 1. The second kappa shape index (κ2) is 6.17. The van der Waals surface area contributed by atoms with E-state index in [0.717, 1.165) is 31.5 Å². The summed E-state index contributed by atoms with van der Waals surface area (Å²) in [6, 6.07) is 3.37. The molecular formula is C14H18FN3O3. The first kappa shape index (κ1) is 15.4. The van der Waals surface area contributed by atoms with Crippen LogP contribution in [-0.4, -0.2) is 23.9 Å². The van der Waals surface area contributed by atoms with E-state index in [9.17, 15) is 19.3 Å². The Balaban J connectivity index is 2.19. The van der Waals surface area contributed by atoms with Crippen molar-refractivity contribution < 1.29 is 14.1 Å². The zero-order valence-electron chi connectivity index (χ0n) is 11.8. The first-order chi connectivity index (χ1) is 9.98. The van der Waals surface area contributed by atoms with Crippen LogP contribution in [0.15, 0.2) is 18.2 Å². The van der Waals surface area contributed by atoms with E-state index in [-0.39, 0.29) is 11.6 Å². The number of nitro groups is 1. The molecule has 0 bridgehead atoms. The largest absolute Gasteiger partial charge is 0.325 e. The second-order valence-electron chi connectivity index (χ2n) is 5.29. The number of nitro benzene ring substituents is 1. The second-order valence-corrected chi connectivity index (χ2v) is 5.29. The van der Waals surface area contributed by atoms with Crippen LogP contribution in [0.5, 0.6) is 0 Å². The lowest BCUT2D eigenvalue weighted by Crippen LogP contribution is -2.47. The molecule has 7 heteroatoms. The number of nitrogens with one attached hydrogen (secondary N) is 2. The number of carbonyl (C=O) groups excluding carboxylic acids is 1. The fourth-order valence-electron chi connectivity index (χ4n) is 2.62. The summed E-state index contributed by atoms with van der Waals surface area (Å²) in [5.41, 5.74) is -0.909. The quantitative estimate of drug-likeness (QED) is 0.660. The van der Waals surface area contributed by atoms with E-state index < -0.39 is 21.8 Å². The van der Waals surface area contributed by atoms with Gasteiger partial charge in [0.15, 0.2) is 0 Å². The van der Waals surface area contributed by atoms with Gasteiger partial charge in [0.1, 0.15) is 0 Å². The van der Waals surface area contributed by atoms with Gasteiger partial charge in [0.2, 0.25) is 11.7 Å². The zero-order valence-corrected chi connectivity index (χ0v) is 11.8. The van der Waals surface area contributed by atoms with Crippen molar-refractivity contribution in [1.82, 2.24) is 5.32 Å². The van der Waals surface area contributed by atoms with E-state index in [1.807, 2.05) is 6.92 Å². The molecule has 2 rings (SSSR count). The standard InChI is InChI=1S/C14H18FN3O3/c1-2-14(6-3-7-16-9-14)13(19)17-10-4-5-11(15)12(8-10)18(20)21/h4-5,8,16H,2-3,6-7,9H2,1H3,(H,17,19). The van der Waals surface area contributed by atoms with Gasteiger partial charge in [-0.25, -0.2) is 0 Å². The van der Waals surface area contributed by atoms with Gasteiger partial charge in [-0.15, -0.1) is 0 Å². The Hall–Kier alpha value is -2.02. The first-order valence-electron chi connectivity index (χ1n) is 6.94. The van der Waals surface area contributed by atoms with Crippen LogP contribution in [0.2, 0.25) is 0 Å². The number of rotatable bonds is 4. The lowest BCUT2D eigenvalue weighted by atomic mass is 9.77. The van der Waals surface area contributed by atoms with E-state index >= 15 is 0 Å². The molecule has 1 aliphatic rings. The third kappa shape index (κ3) is 3.18. The highest BCUT2D eigenvalue weighted by molar-refractivity contribution is 5.95. The number of benzene rings is 1. The monoisotopic (exact) mass is 295 g/mol. The third-order valence-corrected chi connectivity index (χ3v) is 4.03. The van der Waals surface area contributed by atoms with Gasteiger partial charge < -0.3 is 10.6 Å². The van der Waals surface area contributed by atoms with Crippen LogP contribution < -0.4 is 10.6 Å². The summed E-state index contributed by atoms with van der Waals surface area (Å²) in [6.45, 7) is 3.41. The minimum Gasteiger partial charge on any atom is -0.325 e. The molecule has 1 atom stereocenters. The van der Waals surface area contributed by atoms with E-state index in [2.05, 4.69) is 10.6 Å². The SMILES string of the molecule is CCC1(C(=O)Nc2ccc(F)c([N+](=O)[O-])c2)CCCNC1. The van der Waals surface area contributed by atoms with E-state index in [1.165, 1.54) is 6.07 Å². The fraction of sp³-hybridized carbons (Fsp3) is 0.500. The molecule has 6 nitrogen and oxygen atoms in total. The predicted molar refractivity (Wildman–Crippen MR) is 76.5 cm³/mol. The normalized spacial score (nSPS) is 21.8. The summed E-state index contributed by atoms with van der Waals surface area (Å²) in [5, 5.41) is 16.6. The Bertz CT molecular complexity index is 556. The van der Waals surface area contributed by atoms with Gasteiger partial charge in [0.05, 0.1) is 10.3 Å². The van der Waals surface area contributed by atoms with Crippen LogP contribution in [0.25, 0.3) is 0 Å². The molecule has 0 aliphatic carbocycles. The molecule has 114 valence electrons. The number of piperidine rings is 1. The summed E-state index contributed by atoms with van der Waals surface area (Å²) >= 11 is 0. The zero-order chi connectivity index (χ0) is 15.5. The number of hydrogen-bond acceptors (Lipinski definition) is 4. The van der Waals surface area contributed by atoms with Gasteiger partial charge in [0.25, 0.3) is 0 Å². The summed E-state index contributed by atoms with van der Waals surface area (Å²) in [5.74, 6) is -1.10. The summed E-state index contributed by atoms with van der Waals surface area (Å²) in [6.07, 6.45) is 2.35. The van der Waals surface area contributed by atoms with Gasteiger partial charge in [-0.1, -0.05) is 6.92 Å². The summed E-state index contributed by atoms with van der Waals surface area (Å²) < 4.78 is 13.3. The van der Waals surface area contributed by atoms with Crippen molar-refractivity contribution >= 4 is 17.3 Å². The molecule has 1 saturated heterocycles. The third-order valence-electron chi connectivity index (χ3n) is 4.03. The maximum absolute atomic E-state index is 13.3. The van der Waals surface area contributed by atoms with Crippen LogP contribution in [0, 0.1) is 21.3 Å². The first-order valence-corrected chi connectivity index (χ1v) is 6.94.